The fourth-order valence-corrected chi connectivity index (χ4v) is 2.85. The largest absolute Gasteiger partial charge is 0.316 e. The van der Waals surface area contributed by atoms with Gasteiger partial charge >= 0.3 is 0 Å². The van der Waals surface area contributed by atoms with Crippen LogP contribution in [0, 0.1) is 4.77 Å². The third-order valence-electron chi connectivity index (χ3n) is 3.84. The third-order valence-corrected chi connectivity index (χ3v) is 4.41. The van der Waals surface area contributed by atoms with E-state index in [4.69, 9.17) is 23.8 Å². The monoisotopic (exact) mass is 334 g/mol. The van der Waals surface area contributed by atoms with Crippen molar-refractivity contribution < 1.29 is 4.79 Å². The number of aromatic amines is 1. The molecule has 0 saturated carbocycles. The maximum Gasteiger partial charge on any atom is 0.279 e. The molecule has 0 unspecified atom stereocenters. The molecule has 1 aliphatic heterocycles. The van der Waals surface area contributed by atoms with Gasteiger partial charge in [-0.15, -0.1) is 0 Å². The molecule has 22 heavy (non-hydrogen) atoms. The molecule has 1 N–H and O–H groups in total. The molecule has 5 nitrogen and oxygen atoms in total. The van der Waals surface area contributed by atoms with E-state index in [1.54, 1.807) is 11.6 Å². The highest BCUT2D eigenvalue weighted by atomic mass is 35.5. The standard InChI is InChI=1S/C15H15ClN4OS/c1-9-18(2)13-12(14(21)19(9)3)20(15(22)17-13)8-10-4-6-11(16)7-5-10/h4-7H,1,8H2,2-3H3,(H,17,22). The molecule has 114 valence electrons. The predicted octanol–water partition coefficient (Wildman–Crippen LogP) is 3.24. The Balaban J connectivity index is 2.09. The molecular formula is C15H15ClN4OS. The minimum Gasteiger partial charge on any atom is -0.316 e. The maximum atomic E-state index is 12.6. The van der Waals surface area contributed by atoms with Crippen LogP contribution in [0.3, 0.4) is 0 Å². The second-order valence-corrected chi connectivity index (χ2v) is 6.00. The predicted molar refractivity (Wildman–Crippen MR) is 89.8 cm³/mol. The lowest BCUT2D eigenvalue weighted by atomic mass is 10.2. The number of hydrogen-bond donors (Lipinski definition) is 1. The number of anilines is 1. The quantitative estimate of drug-likeness (QED) is 0.857. The first-order chi connectivity index (χ1) is 10.4. The van der Waals surface area contributed by atoms with Crippen LogP contribution < -0.4 is 4.90 Å². The molecule has 0 atom stereocenters. The van der Waals surface area contributed by atoms with Crippen molar-refractivity contribution in [1.29, 1.82) is 0 Å². The Kier molecular flexibility index (Phi) is 3.58. The van der Waals surface area contributed by atoms with Crippen molar-refractivity contribution in [1.82, 2.24) is 14.5 Å². The minimum atomic E-state index is -0.126. The fourth-order valence-electron chi connectivity index (χ4n) is 2.47. The number of benzene rings is 1. The van der Waals surface area contributed by atoms with Crippen LogP contribution in [0.5, 0.6) is 0 Å². The summed E-state index contributed by atoms with van der Waals surface area (Å²) < 4.78 is 2.30. The van der Waals surface area contributed by atoms with Gasteiger partial charge in [-0.3, -0.25) is 9.69 Å². The highest BCUT2D eigenvalue weighted by Gasteiger charge is 2.33. The Hall–Kier alpha value is -2.05. The van der Waals surface area contributed by atoms with E-state index in [1.807, 2.05) is 36.2 Å². The van der Waals surface area contributed by atoms with Crippen molar-refractivity contribution in [3.05, 3.63) is 57.7 Å². The number of carbonyl (C=O) groups is 1. The molecule has 7 heteroatoms. The molecule has 2 heterocycles. The number of H-pyrrole nitrogens is 1. The number of halogens is 1. The van der Waals surface area contributed by atoms with Crippen molar-refractivity contribution in [3.8, 4) is 0 Å². The molecule has 3 rings (SSSR count). The van der Waals surface area contributed by atoms with Gasteiger partial charge in [0.05, 0.1) is 6.54 Å². The number of aromatic nitrogens is 2. The average molecular weight is 335 g/mol. The number of imidazole rings is 1. The number of amides is 1. The summed E-state index contributed by atoms with van der Waals surface area (Å²) in [5, 5.41) is 0.676. The molecule has 1 aromatic heterocycles. The number of nitrogens with one attached hydrogen (secondary N) is 1. The Morgan fingerprint density at radius 1 is 1.23 bits per heavy atom. The summed E-state index contributed by atoms with van der Waals surface area (Å²) >= 11 is 11.3. The number of nitrogens with zero attached hydrogens (tertiary/aromatic N) is 3. The second kappa shape index (κ2) is 5.30. The van der Waals surface area contributed by atoms with Crippen LogP contribution in [-0.2, 0) is 6.54 Å². The zero-order valence-electron chi connectivity index (χ0n) is 12.3. The van der Waals surface area contributed by atoms with Gasteiger partial charge in [-0.25, -0.2) is 0 Å². The van der Waals surface area contributed by atoms with Crippen LogP contribution in [0.4, 0.5) is 5.82 Å². The SMILES string of the molecule is C=C1N(C)C(=O)c2c([nH]c(=S)n2Cc2ccc(Cl)cc2)N1C. The summed E-state index contributed by atoms with van der Waals surface area (Å²) in [6.45, 7) is 4.41. The summed E-state index contributed by atoms with van der Waals surface area (Å²) in [5.74, 6) is 1.15. The summed E-state index contributed by atoms with van der Waals surface area (Å²) in [5.41, 5.74) is 1.56. The lowest BCUT2D eigenvalue weighted by molar-refractivity contribution is 0.0816. The molecule has 0 saturated heterocycles. The van der Waals surface area contributed by atoms with Crippen LogP contribution in [-0.4, -0.2) is 34.5 Å². The molecule has 0 spiro atoms. The third kappa shape index (κ3) is 2.24. The van der Waals surface area contributed by atoms with E-state index in [0.29, 0.717) is 33.7 Å². The van der Waals surface area contributed by atoms with Gasteiger partial charge in [0, 0.05) is 19.1 Å². The van der Waals surface area contributed by atoms with E-state index in [-0.39, 0.29) is 5.91 Å². The van der Waals surface area contributed by atoms with Crippen molar-refractivity contribution in [2.75, 3.05) is 19.0 Å². The van der Waals surface area contributed by atoms with Crippen molar-refractivity contribution >= 4 is 35.5 Å². The number of rotatable bonds is 2. The minimum absolute atomic E-state index is 0.126. The maximum absolute atomic E-state index is 12.6. The molecule has 1 amide bonds. The van der Waals surface area contributed by atoms with Crippen LogP contribution in [0.2, 0.25) is 5.02 Å². The Morgan fingerprint density at radius 2 is 1.86 bits per heavy atom. The van der Waals surface area contributed by atoms with Crippen molar-refractivity contribution in [2.24, 2.45) is 0 Å². The summed E-state index contributed by atoms with van der Waals surface area (Å²) in [6.07, 6.45) is 0. The van der Waals surface area contributed by atoms with E-state index in [9.17, 15) is 4.79 Å². The summed E-state index contributed by atoms with van der Waals surface area (Å²) in [7, 11) is 3.55. The Morgan fingerprint density at radius 3 is 2.50 bits per heavy atom. The molecule has 0 fully saturated rings. The molecule has 0 bridgehead atoms. The van der Waals surface area contributed by atoms with Gasteiger partial charge in [-0.2, -0.15) is 0 Å². The Labute approximate surface area is 138 Å². The molecular weight excluding hydrogens is 320 g/mol. The lowest BCUT2D eigenvalue weighted by Crippen LogP contribution is -2.41. The van der Waals surface area contributed by atoms with Crippen LogP contribution >= 0.6 is 23.8 Å². The van der Waals surface area contributed by atoms with E-state index in [1.165, 1.54) is 4.90 Å². The van der Waals surface area contributed by atoms with E-state index in [0.717, 1.165) is 5.56 Å². The molecule has 1 aliphatic rings. The van der Waals surface area contributed by atoms with Gasteiger partial charge in [-0.1, -0.05) is 30.3 Å². The smallest absolute Gasteiger partial charge is 0.279 e. The number of carbonyl (C=O) groups excluding carboxylic acids is 1. The van der Waals surface area contributed by atoms with Crippen LogP contribution in [0.15, 0.2) is 36.7 Å². The van der Waals surface area contributed by atoms with E-state index >= 15 is 0 Å². The molecule has 0 radical (unpaired) electrons. The second-order valence-electron chi connectivity index (χ2n) is 5.18. The summed E-state index contributed by atoms with van der Waals surface area (Å²) in [6, 6.07) is 7.48. The van der Waals surface area contributed by atoms with Crippen molar-refractivity contribution in [2.45, 2.75) is 6.54 Å². The average Bonchev–Trinajstić information content (AvgIpc) is 2.82. The van der Waals surface area contributed by atoms with Gasteiger partial charge in [0.15, 0.2) is 10.5 Å². The van der Waals surface area contributed by atoms with Gasteiger partial charge in [0.25, 0.3) is 5.91 Å². The van der Waals surface area contributed by atoms with Gasteiger partial charge in [0.2, 0.25) is 0 Å². The molecule has 2 aromatic rings. The summed E-state index contributed by atoms with van der Waals surface area (Å²) in [4.78, 5) is 19.0. The first-order valence-electron chi connectivity index (χ1n) is 6.68. The van der Waals surface area contributed by atoms with Crippen LogP contribution in [0.1, 0.15) is 16.1 Å². The Bertz CT molecular complexity index is 821. The van der Waals surface area contributed by atoms with E-state index in [2.05, 4.69) is 11.6 Å². The molecule has 0 aliphatic carbocycles. The van der Waals surface area contributed by atoms with Gasteiger partial charge in [-0.05, 0) is 29.9 Å². The number of fused-ring (bicyclic) bond motifs is 1. The normalized spacial score (nSPS) is 14.5. The lowest BCUT2D eigenvalue weighted by Gasteiger charge is -2.33. The van der Waals surface area contributed by atoms with Crippen LogP contribution in [0.25, 0.3) is 0 Å². The fraction of sp³-hybridized carbons (Fsp3) is 0.200. The first-order valence-corrected chi connectivity index (χ1v) is 7.46. The molecule has 1 aromatic carbocycles. The van der Waals surface area contributed by atoms with E-state index < -0.39 is 0 Å². The zero-order valence-corrected chi connectivity index (χ0v) is 13.8. The highest BCUT2D eigenvalue weighted by molar-refractivity contribution is 7.71. The number of hydrogen-bond acceptors (Lipinski definition) is 3. The van der Waals surface area contributed by atoms with Gasteiger partial charge < -0.3 is 14.5 Å². The highest BCUT2D eigenvalue weighted by Crippen LogP contribution is 2.30. The van der Waals surface area contributed by atoms with Gasteiger partial charge in [0.1, 0.15) is 11.6 Å². The first kappa shape index (κ1) is 14.9. The van der Waals surface area contributed by atoms with Crippen molar-refractivity contribution in [3.63, 3.8) is 0 Å². The topological polar surface area (TPSA) is 44.3 Å². The zero-order chi connectivity index (χ0) is 16.0.